The fourth-order valence-corrected chi connectivity index (χ4v) is 13.6. The first-order chi connectivity index (χ1) is 27.1. The number of likely N-dealkylation sites (N-methyl/N-ethyl adjacent to an activating group) is 2. The maximum atomic E-state index is 14.0. The summed E-state index contributed by atoms with van der Waals surface area (Å²) in [5.41, 5.74) is -0.448. The van der Waals surface area contributed by atoms with Gasteiger partial charge in [0.15, 0.2) is 0 Å². The fourth-order valence-electron chi connectivity index (χ4n) is 4.83. The van der Waals surface area contributed by atoms with Crippen LogP contribution in [0.1, 0.15) is 47.9 Å². The first-order valence-electron chi connectivity index (χ1n) is 16.4. The lowest BCUT2D eigenvalue weighted by atomic mass is 10.1. The number of hydrogen-bond donors (Lipinski definition) is 11. The number of amides is 6. The van der Waals surface area contributed by atoms with E-state index in [0.717, 1.165) is 9.80 Å². The molecule has 26 heteroatoms. The summed E-state index contributed by atoms with van der Waals surface area (Å²) in [7, 11) is 2.58. The molecule has 3 unspecified atom stereocenters. The third-order valence-electron chi connectivity index (χ3n) is 7.85. The van der Waals surface area contributed by atoms with Crippen LogP contribution in [0.2, 0.25) is 0 Å². The maximum absolute atomic E-state index is 14.0. The van der Waals surface area contributed by atoms with E-state index in [9.17, 15) is 59.5 Å². The second kappa shape index (κ2) is 24.8. The Kier molecular flexibility index (Phi) is 22.9. The van der Waals surface area contributed by atoms with E-state index in [1.807, 2.05) is 0 Å². The van der Waals surface area contributed by atoms with Gasteiger partial charge in [0.1, 0.15) is 13.2 Å². The highest BCUT2D eigenvalue weighted by Crippen LogP contribution is 2.38. The lowest BCUT2D eigenvalue weighted by molar-refractivity contribution is -0.119. The van der Waals surface area contributed by atoms with Gasteiger partial charge in [-0.3, -0.25) is 34.0 Å². The van der Waals surface area contributed by atoms with Gasteiger partial charge >= 0.3 is 0 Å². The minimum atomic E-state index is -1.68. The van der Waals surface area contributed by atoms with Crippen molar-refractivity contribution in [3.05, 3.63) is 43.7 Å². The molecule has 3 atom stereocenters. The fraction of sp³-hybridized carbons (Fsp3) is 0.438. The van der Waals surface area contributed by atoms with Crippen molar-refractivity contribution in [1.29, 1.82) is 0 Å². The summed E-state index contributed by atoms with van der Waals surface area (Å²) in [5.74, 6) is -4.97. The Bertz CT molecular complexity index is 1910. The van der Waals surface area contributed by atoms with Crippen LogP contribution >= 0.6 is 136 Å². The van der Waals surface area contributed by atoms with E-state index in [1.54, 1.807) is 136 Å². The van der Waals surface area contributed by atoms with E-state index in [0.29, 0.717) is 5.06 Å². The van der Waals surface area contributed by atoms with Crippen LogP contribution in [0.5, 0.6) is 0 Å². The monoisotopic (exact) mass is 1490 g/mol. The molecule has 20 nitrogen and oxygen atoms in total. The molecule has 11 N–H and O–H groups in total. The molecule has 6 amide bonds. The molecule has 0 radical (unpaired) electrons. The first-order valence-corrected chi connectivity index (χ1v) is 22.9. The zero-order chi connectivity index (χ0) is 44.3. The SMILES string of the molecule is CN(CC(O)C(O)CN(C)C(=O)c1c(I)c(NC(=O)CO)c(I)c(C(=O)N(O)CCCO)c1I)C(=O)c1c(I)c(NC(=O)CO)c(I)c(C(=O)NCC(O)CO)c1I. The molecule has 0 saturated carbocycles. The number of carbonyl (C=O) groups excluding carboxylic acids is 6. The number of aliphatic hydroxyl groups excluding tert-OH is 7. The Hall–Kier alpha value is -0.680. The van der Waals surface area contributed by atoms with Crippen molar-refractivity contribution in [2.45, 2.75) is 24.7 Å². The lowest BCUT2D eigenvalue weighted by Gasteiger charge is -2.29. The predicted octanol–water partition coefficient (Wildman–Crippen LogP) is 0.0386. The summed E-state index contributed by atoms with van der Waals surface area (Å²) in [5, 5.41) is 87.1. The molecule has 0 heterocycles. The Balaban J connectivity index is 2.48. The standard InChI is InChI=1S/C32H38I6N6O14/c1-42(30(55)18-21(33)17(29(54)39-6-12(49)9-46)23(35)27(24(18)36)40-15(52)10-47)7-13(50)14(51)8-43(2)31(56)19-22(34)20(32(57)44(58)4-3-5-45)26(38)28(25(19)37)41-16(53)11-48/h12-14,45-51,58H,3-11H2,1-2H3,(H,39,54)(H,40,52)(H,41,53). The van der Waals surface area contributed by atoms with Crippen molar-refractivity contribution in [3.8, 4) is 0 Å². The smallest absolute Gasteiger partial charge is 0.279 e. The largest absolute Gasteiger partial charge is 0.396 e. The van der Waals surface area contributed by atoms with Gasteiger partial charge in [0.2, 0.25) is 11.8 Å². The minimum absolute atomic E-state index is 0.0145. The van der Waals surface area contributed by atoms with E-state index < -0.39 is 86.7 Å². The maximum Gasteiger partial charge on any atom is 0.279 e. The van der Waals surface area contributed by atoms with Gasteiger partial charge in [-0.25, -0.2) is 5.06 Å². The van der Waals surface area contributed by atoms with Gasteiger partial charge in [-0.15, -0.1) is 0 Å². The summed E-state index contributed by atoms with van der Waals surface area (Å²) < 4.78 is 0.830. The number of hydrogen-bond acceptors (Lipinski definition) is 14. The second-order valence-electron chi connectivity index (χ2n) is 12.1. The molecule has 322 valence electrons. The van der Waals surface area contributed by atoms with Crippen molar-refractivity contribution >= 4 is 182 Å². The van der Waals surface area contributed by atoms with Crippen LogP contribution in [0.4, 0.5) is 11.4 Å². The normalized spacial score (nSPS) is 12.6. The Morgan fingerprint density at radius 2 is 0.983 bits per heavy atom. The number of anilines is 2. The Labute approximate surface area is 413 Å². The van der Waals surface area contributed by atoms with Gasteiger partial charge in [0.05, 0.1) is 79.4 Å². The number of nitrogens with one attached hydrogen (secondary N) is 3. The van der Waals surface area contributed by atoms with E-state index in [2.05, 4.69) is 16.0 Å². The van der Waals surface area contributed by atoms with Crippen LogP contribution in [-0.2, 0) is 9.59 Å². The van der Waals surface area contributed by atoms with Crippen LogP contribution < -0.4 is 16.0 Å². The second-order valence-corrected chi connectivity index (χ2v) is 18.6. The molecule has 58 heavy (non-hydrogen) atoms. The van der Waals surface area contributed by atoms with Crippen LogP contribution in [0, 0.1) is 21.4 Å². The summed E-state index contributed by atoms with van der Waals surface area (Å²) in [4.78, 5) is 81.1. The van der Waals surface area contributed by atoms with Crippen LogP contribution in [0.15, 0.2) is 0 Å². The number of benzene rings is 2. The average Bonchev–Trinajstić information content (AvgIpc) is 3.18. The van der Waals surface area contributed by atoms with E-state index in [1.165, 1.54) is 14.1 Å². The van der Waals surface area contributed by atoms with Crippen LogP contribution in [0.3, 0.4) is 0 Å². The van der Waals surface area contributed by atoms with Crippen LogP contribution in [0.25, 0.3) is 0 Å². The summed E-state index contributed by atoms with van der Waals surface area (Å²) >= 11 is 10.6. The van der Waals surface area contributed by atoms with Gasteiger partial charge < -0.3 is 61.5 Å². The highest BCUT2D eigenvalue weighted by Gasteiger charge is 2.34. The summed E-state index contributed by atoms with van der Waals surface area (Å²) in [6, 6.07) is 0. The molecule has 0 aliphatic heterocycles. The van der Waals surface area contributed by atoms with Crippen molar-refractivity contribution in [2.75, 3.05) is 77.3 Å². The van der Waals surface area contributed by atoms with E-state index in [-0.39, 0.29) is 81.2 Å². The highest BCUT2D eigenvalue weighted by atomic mass is 127. The lowest BCUT2D eigenvalue weighted by Crippen LogP contribution is -2.46. The zero-order valence-corrected chi connectivity index (χ0v) is 43.2. The van der Waals surface area contributed by atoms with E-state index >= 15 is 0 Å². The predicted molar refractivity (Wildman–Crippen MR) is 257 cm³/mol. The van der Waals surface area contributed by atoms with Crippen molar-refractivity contribution in [3.63, 3.8) is 0 Å². The molecule has 2 aromatic carbocycles. The molecule has 0 saturated heterocycles. The number of carbonyl (C=O) groups is 6. The number of aliphatic hydroxyl groups is 7. The molecule has 0 fully saturated rings. The van der Waals surface area contributed by atoms with Gasteiger partial charge in [-0.05, 0) is 142 Å². The van der Waals surface area contributed by atoms with Gasteiger partial charge in [0, 0.05) is 47.5 Å². The number of halogens is 6. The molecular weight excluding hydrogens is 1450 g/mol. The summed E-state index contributed by atoms with van der Waals surface area (Å²) in [6.45, 7) is -4.45. The average molecular weight is 1490 g/mol. The van der Waals surface area contributed by atoms with Gasteiger partial charge in [-0.2, -0.15) is 0 Å². The molecule has 2 aromatic rings. The molecular formula is C32H38I6N6O14. The third-order valence-corrected chi connectivity index (χ3v) is 14.3. The van der Waals surface area contributed by atoms with Crippen molar-refractivity contribution < 1.29 is 69.7 Å². The molecule has 0 bridgehead atoms. The number of hydroxylamine groups is 2. The highest BCUT2D eigenvalue weighted by molar-refractivity contribution is 14.1. The Morgan fingerprint density at radius 3 is 1.36 bits per heavy atom. The topological polar surface area (TPSA) is 310 Å². The quantitative estimate of drug-likeness (QED) is 0.0503. The Morgan fingerprint density at radius 1 is 0.603 bits per heavy atom. The van der Waals surface area contributed by atoms with Gasteiger partial charge in [0.25, 0.3) is 23.6 Å². The van der Waals surface area contributed by atoms with Crippen LogP contribution in [-0.4, -0.2) is 176 Å². The van der Waals surface area contributed by atoms with Crippen molar-refractivity contribution in [2.24, 2.45) is 0 Å². The first kappa shape index (κ1) is 53.5. The third kappa shape index (κ3) is 13.4. The minimum Gasteiger partial charge on any atom is -0.396 e. The zero-order valence-electron chi connectivity index (χ0n) is 30.2. The van der Waals surface area contributed by atoms with E-state index in [4.69, 9.17) is 10.2 Å². The van der Waals surface area contributed by atoms with Crippen molar-refractivity contribution in [1.82, 2.24) is 20.2 Å². The molecule has 0 aliphatic rings. The molecule has 0 aliphatic carbocycles. The number of rotatable bonds is 19. The van der Waals surface area contributed by atoms with Gasteiger partial charge in [-0.1, -0.05) is 0 Å². The molecule has 2 rings (SSSR count). The molecule has 0 spiro atoms. The number of nitrogens with zero attached hydrogens (tertiary/aromatic N) is 3. The summed E-state index contributed by atoms with van der Waals surface area (Å²) in [6.07, 6.45) is -4.61. The molecule has 0 aromatic heterocycles.